The zero-order chi connectivity index (χ0) is 21.6. The molecule has 2 aliphatic rings. The highest BCUT2D eigenvalue weighted by Gasteiger charge is 2.49. The lowest BCUT2D eigenvalue weighted by atomic mass is 9.70. The number of hydrogen-bond donors (Lipinski definition) is 0. The predicted octanol–water partition coefficient (Wildman–Crippen LogP) is 6.32. The summed E-state index contributed by atoms with van der Waals surface area (Å²) < 4.78 is 16.6. The van der Waals surface area contributed by atoms with E-state index in [4.69, 9.17) is 0 Å². The minimum atomic E-state index is -1.54. The number of nitrogens with zero attached hydrogens (tertiary/aromatic N) is 1. The van der Waals surface area contributed by atoms with Crippen LogP contribution in [0.1, 0.15) is 52.0 Å². The highest BCUT2D eigenvalue weighted by Crippen LogP contribution is 2.51. The maximum absolute atomic E-state index is 16.6. The van der Waals surface area contributed by atoms with Crippen molar-refractivity contribution in [2.45, 2.75) is 38.4 Å². The number of carbonyl (C=O) groups excluding carboxylic acids is 1. The molecule has 0 radical (unpaired) electrons. The van der Waals surface area contributed by atoms with E-state index in [0.717, 1.165) is 22.3 Å². The zero-order valence-corrected chi connectivity index (χ0v) is 17.9. The van der Waals surface area contributed by atoms with Crippen LogP contribution in [-0.2, 0) is 6.42 Å². The highest BCUT2D eigenvalue weighted by atomic mass is 19.1. The molecule has 3 heteroatoms. The van der Waals surface area contributed by atoms with E-state index >= 15 is 4.39 Å². The number of aryl methyl sites for hydroxylation is 2. The first-order valence-corrected chi connectivity index (χ1v) is 10.9. The summed E-state index contributed by atoms with van der Waals surface area (Å²) in [5.41, 5.74) is 5.17. The summed E-state index contributed by atoms with van der Waals surface area (Å²) in [4.78, 5) is 15.3. The molecule has 1 heterocycles. The molecular formula is C28H26FNO. The van der Waals surface area contributed by atoms with Gasteiger partial charge >= 0.3 is 0 Å². The second-order valence-corrected chi connectivity index (χ2v) is 8.80. The number of benzene rings is 3. The van der Waals surface area contributed by atoms with Gasteiger partial charge in [-0.05, 0) is 66.7 Å². The first-order chi connectivity index (χ1) is 15.0. The lowest BCUT2D eigenvalue weighted by Gasteiger charge is -2.47. The normalized spacial score (nSPS) is 22.7. The molecule has 2 atom stereocenters. The second kappa shape index (κ2) is 7.49. The van der Waals surface area contributed by atoms with Gasteiger partial charge in [-0.3, -0.25) is 4.79 Å². The van der Waals surface area contributed by atoms with Crippen LogP contribution in [0, 0.1) is 6.92 Å². The van der Waals surface area contributed by atoms with Crippen molar-refractivity contribution in [1.29, 1.82) is 0 Å². The van der Waals surface area contributed by atoms with E-state index in [-0.39, 0.29) is 18.5 Å². The molecular weight excluding hydrogens is 385 g/mol. The fourth-order valence-corrected chi connectivity index (χ4v) is 5.33. The number of amides is 1. The predicted molar refractivity (Wildman–Crippen MR) is 123 cm³/mol. The molecule has 156 valence electrons. The van der Waals surface area contributed by atoms with Gasteiger partial charge in [0.25, 0.3) is 5.91 Å². The zero-order valence-electron chi connectivity index (χ0n) is 17.9. The quantitative estimate of drug-likeness (QED) is 0.483. The number of fused-ring (bicyclic) bond motifs is 3. The molecule has 1 aliphatic heterocycles. The molecule has 1 amide bonds. The van der Waals surface area contributed by atoms with Gasteiger partial charge in [0.1, 0.15) is 0 Å². The van der Waals surface area contributed by atoms with Crippen molar-refractivity contribution in [3.63, 3.8) is 0 Å². The average molecular weight is 412 g/mol. The molecule has 0 fully saturated rings. The third kappa shape index (κ3) is 3.29. The lowest BCUT2D eigenvalue weighted by molar-refractivity contribution is 0.0522. The molecule has 0 N–H and O–H groups in total. The van der Waals surface area contributed by atoms with E-state index in [0.29, 0.717) is 18.4 Å². The Labute approximate surface area is 183 Å². The number of halogens is 1. The van der Waals surface area contributed by atoms with E-state index in [1.54, 1.807) is 4.90 Å². The molecule has 3 aromatic carbocycles. The number of alkyl halides is 1. The Hall–Kier alpha value is -3.20. The largest absolute Gasteiger partial charge is 0.324 e. The summed E-state index contributed by atoms with van der Waals surface area (Å²) in [7, 11) is 0. The SMILES string of the molecule is CC1=C2c3ccc(C)cc3CC[C@@]2(F)CN(C(=O)c2ccccc2)[C@H]1c1ccccc1. The molecule has 0 aromatic heterocycles. The molecule has 5 rings (SSSR count). The smallest absolute Gasteiger partial charge is 0.254 e. The van der Waals surface area contributed by atoms with Crippen molar-refractivity contribution in [3.05, 3.63) is 112 Å². The van der Waals surface area contributed by atoms with Crippen molar-refractivity contribution in [2.75, 3.05) is 6.54 Å². The molecule has 2 nitrogen and oxygen atoms in total. The number of rotatable bonds is 2. The Kier molecular flexibility index (Phi) is 4.77. The minimum absolute atomic E-state index is 0.0697. The van der Waals surface area contributed by atoms with Crippen LogP contribution < -0.4 is 0 Å². The molecule has 0 unspecified atom stereocenters. The maximum atomic E-state index is 16.6. The van der Waals surface area contributed by atoms with Crippen molar-refractivity contribution in [3.8, 4) is 0 Å². The minimum Gasteiger partial charge on any atom is -0.324 e. The summed E-state index contributed by atoms with van der Waals surface area (Å²) in [6.07, 6.45) is 1.09. The number of hydrogen-bond acceptors (Lipinski definition) is 1. The highest BCUT2D eigenvalue weighted by molar-refractivity contribution is 5.96. The topological polar surface area (TPSA) is 20.3 Å². The maximum Gasteiger partial charge on any atom is 0.254 e. The summed E-state index contributed by atoms with van der Waals surface area (Å²) >= 11 is 0. The fraction of sp³-hybridized carbons (Fsp3) is 0.250. The van der Waals surface area contributed by atoms with Gasteiger partial charge < -0.3 is 4.90 Å². The third-order valence-electron chi connectivity index (χ3n) is 6.70. The molecule has 0 bridgehead atoms. The van der Waals surface area contributed by atoms with Crippen LogP contribution in [0.2, 0.25) is 0 Å². The van der Waals surface area contributed by atoms with E-state index in [1.807, 2.05) is 67.6 Å². The Balaban J connectivity index is 1.71. The fourth-order valence-electron chi connectivity index (χ4n) is 5.33. The van der Waals surface area contributed by atoms with Gasteiger partial charge in [-0.25, -0.2) is 4.39 Å². The van der Waals surface area contributed by atoms with Crippen LogP contribution in [0.5, 0.6) is 0 Å². The van der Waals surface area contributed by atoms with Crippen LogP contribution >= 0.6 is 0 Å². The van der Waals surface area contributed by atoms with Crippen LogP contribution in [0.15, 0.2) is 84.4 Å². The van der Waals surface area contributed by atoms with Crippen LogP contribution in [-0.4, -0.2) is 23.0 Å². The Bertz CT molecular complexity index is 1170. The number of carbonyl (C=O) groups is 1. The standard InChI is InChI=1S/C28H26FNO/c1-19-13-14-24-23(17-19)15-16-28(29)18-30(27(31)22-11-7-4-8-12-22)26(20(2)25(24)28)21-9-5-3-6-10-21/h3-14,17,26H,15-16,18H2,1-2H3/t26-,28-/m1/s1. The summed E-state index contributed by atoms with van der Waals surface area (Å²) in [6, 6.07) is 25.2. The summed E-state index contributed by atoms with van der Waals surface area (Å²) in [5, 5.41) is 0. The van der Waals surface area contributed by atoms with Gasteiger partial charge in [0.2, 0.25) is 0 Å². The molecule has 0 saturated heterocycles. The Morgan fingerprint density at radius 2 is 1.65 bits per heavy atom. The van der Waals surface area contributed by atoms with Gasteiger partial charge in [0.15, 0.2) is 5.67 Å². The van der Waals surface area contributed by atoms with E-state index in [9.17, 15) is 4.79 Å². The lowest BCUT2D eigenvalue weighted by Crippen LogP contribution is -2.51. The molecule has 0 spiro atoms. The monoisotopic (exact) mass is 411 g/mol. The van der Waals surface area contributed by atoms with Crippen LogP contribution in [0.4, 0.5) is 4.39 Å². The average Bonchev–Trinajstić information content (AvgIpc) is 2.79. The van der Waals surface area contributed by atoms with Crippen molar-refractivity contribution < 1.29 is 9.18 Å². The van der Waals surface area contributed by atoms with E-state index in [2.05, 4.69) is 25.1 Å². The van der Waals surface area contributed by atoms with Crippen LogP contribution in [0.3, 0.4) is 0 Å². The third-order valence-corrected chi connectivity index (χ3v) is 6.70. The summed E-state index contributed by atoms with van der Waals surface area (Å²) in [6.45, 7) is 4.15. The molecule has 31 heavy (non-hydrogen) atoms. The molecule has 1 aliphatic carbocycles. The van der Waals surface area contributed by atoms with E-state index < -0.39 is 5.67 Å². The Morgan fingerprint density at radius 1 is 0.968 bits per heavy atom. The van der Waals surface area contributed by atoms with Crippen molar-refractivity contribution in [2.24, 2.45) is 0 Å². The van der Waals surface area contributed by atoms with Gasteiger partial charge in [-0.2, -0.15) is 0 Å². The van der Waals surface area contributed by atoms with Crippen molar-refractivity contribution in [1.82, 2.24) is 4.90 Å². The van der Waals surface area contributed by atoms with E-state index in [1.165, 1.54) is 11.1 Å². The molecule has 0 saturated carbocycles. The van der Waals surface area contributed by atoms with Gasteiger partial charge in [0, 0.05) is 5.56 Å². The van der Waals surface area contributed by atoms with Gasteiger partial charge in [-0.15, -0.1) is 0 Å². The van der Waals surface area contributed by atoms with Gasteiger partial charge in [0.05, 0.1) is 12.6 Å². The van der Waals surface area contributed by atoms with Gasteiger partial charge in [-0.1, -0.05) is 72.3 Å². The van der Waals surface area contributed by atoms with Crippen LogP contribution in [0.25, 0.3) is 5.57 Å². The first-order valence-electron chi connectivity index (χ1n) is 10.9. The first kappa shape index (κ1) is 19.7. The molecule has 3 aromatic rings. The Morgan fingerprint density at radius 3 is 2.35 bits per heavy atom. The summed E-state index contributed by atoms with van der Waals surface area (Å²) in [5.74, 6) is -0.125. The second-order valence-electron chi connectivity index (χ2n) is 8.80. The van der Waals surface area contributed by atoms with Crippen molar-refractivity contribution >= 4 is 11.5 Å².